The molecule has 0 aliphatic rings. The fraction of sp³-hybridized carbons (Fsp3) is 0.250. The maximum atomic E-state index is 12.9. The highest BCUT2D eigenvalue weighted by Gasteiger charge is 2.17. The first kappa shape index (κ1) is 16.2. The van der Waals surface area contributed by atoms with E-state index in [1.807, 2.05) is 48.9 Å². The van der Waals surface area contributed by atoms with Crippen molar-refractivity contribution in [2.75, 3.05) is 6.61 Å². The summed E-state index contributed by atoms with van der Waals surface area (Å²) in [7, 11) is 0. The second-order valence-electron chi connectivity index (χ2n) is 6.07. The molecular weight excluding hydrogens is 305 g/mol. The molecule has 0 unspecified atom stereocenters. The normalized spacial score (nSPS) is 11.2. The zero-order valence-electron chi connectivity index (χ0n) is 13.8. The number of hydrogen-bond donors (Lipinski definition) is 0. The van der Waals surface area contributed by atoms with Gasteiger partial charge >= 0.3 is 0 Å². The largest absolute Gasteiger partial charge is 0.492 e. The van der Waals surface area contributed by atoms with Crippen LogP contribution < -0.4 is 4.74 Å². The standard InChI is InChI=1S/C20H20FNO2/c1-14(2)20(23)18-13-22(19-6-4-3-5-17(18)19)11-12-24-16-9-7-15(21)8-10-16/h3-10,13-14H,11-12H2,1-2H3. The number of rotatable bonds is 6. The molecular formula is C20H20FNO2. The monoisotopic (exact) mass is 325 g/mol. The van der Waals surface area contributed by atoms with Crippen LogP contribution in [0.5, 0.6) is 5.75 Å². The molecule has 4 heteroatoms. The quantitative estimate of drug-likeness (QED) is 0.615. The number of para-hydroxylation sites is 1. The number of carbonyl (C=O) groups is 1. The summed E-state index contributed by atoms with van der Waals surface area (Å²) in [5.74, 6) is 0.450. The minimum atomic E-state index is -0.282. The summed E-state index contributed by atoms with van der Waals surface area (Å²) in [4.78, 5) is 12.4. The van der Waals surface area contributed by atoms with Crippen LogP contribution in [0.25, 0.3) is 10.9 Å². The smallest absolute Gasteiger partial charge is 0.167 e. The van der Waals surface area contributed by atoms with Crippen molar-refractivity contribution in [3.05, 3.63) is 66.1 Å². The zero-order valence-corrected chi connectivity index (χ0v) is 13.8. The molecule has 0 bridgehead atoms. The van der Waals surface area contributed by atoms with Crippen molar-refractivity contribution in [1.82, 2.24) is 4.57 Å². The molecule has 0 spiro atoms. The van der Waals surface area contributed by atoms with Crippen LogP contribution in [-0.4, -0.2) is 17.0 Å². The fourth-order valence-electron chi connectivity index (χ4n) is 2.73. The van der Waals surface area contributed by atoms with Crippen molar-refractivity contribution in [2.45, 2.75) is 20.4 Å². The molecule has 0 saturated heterocycles. The summed E-state index contributed by atoms with van der Waals surface area (Å²) in [5, 5.41) is 0.970. The number of ether oxygens (including phenoxy) is 1. The molecule has 124 valence electrons. The topological polar surface area (TPSA) is 31.2 Å². The van der Waals surface area contributed by atoms with Crippen LogP contribution in [0.4, 0.5) is 4.39 Å². The summed E-state index contributed by atoms with van der Waals surface area (Å²) in [6.45, 7) is 4.88. The highest BCUT2D eigenvalue weighted by atomic mass is 19.1. The lowest BCUT2D eigenvalue weighted by atomic mass is 10.0. The van der Waals surface area contributed by atoms with E-state index in [9.17, 15) is 9.18 Å². The molecule has 1 aromatic heterocycles. The van der Waals surface area contributed by atoms with E-state index in [-0.39, 0.29) is 17.5 Å². The van der Waals surface area contributed by atoms with Crippen molar-refractivity contribution in [3.8, 4) is 5.75 Å². The first-order chi connectivity index (χ1) is 11.6. The van der Waals surface area contributed by atoms with Crippen molar-refractivity contribution in [2.24, 2.45) is 5.92 Å². The van der Waals surface area contributed by atoms with E-state index in [2.05, 4.69) is 0 Å². The highest BCUT2D eigenvalue weighted by molar-refractivity contribution is 6.08. The van der Waals surface area contributed by atoms with E-state index < -0.39 is 0 Å². The molecule has 3 aromatic rings. The van der Waals surface area contributed by atoms with E-state index >= 15 is 0 Å². The number of nitrogens with zero attached hydrogens (tertiary/aromatic N) is 1. The van der Waals surface area contributed by atoms with Gasteiger partial charge in [0.1, 0.15) is 18.2 Å². The van der Waals surface area contributed by atoms with Crippen LogP contribution in [0.1, 0.15) is 24.2 Å². The van der Waals surface area contributed by atoms with Crippen molar-refractivity contribution in [1.29, 1.82) is 0 Å². The first-order valence-electron chi connectivity index (χ1n) is 8.06. The Morgan fingerprint density at radius 3 is 2.54 bits per heavy atom. The van der Waals surface area contributed by atoms with Gasteiger partial charge in [0.2, 0.25) is 0 Å². The van der Waals surface area contributed by atoms with E-state index in [0.717, 1.165) is 16.5 Å². The third-order valence-corrected chi connectivity index (χ3v) is 3.99. The molecule has 0 amide bonds. The summed E-state index contributed by atoms with van der Waals surface area (Å²) < 4.78 is 20.6. The molecule has 0 aliphatic carbocycles. The lowest BCUT2D eigenvalue weighted by Gasteiger charge is -2.08. The first-order valence-corrected chi connectivity index (χ1v) is 8.06. The second-order valence-corrected chi connectivity index (χ2v) is 6.07. The van der Waals surface area contributed by atoms with Gasteiger partial charge in [-0.3, -0.25) is 4.79 Å². The highest BCUT2D eigenvalue weighted by Crippen LogP contribution is 2.24. The van der Waals surface area contributed by atoms with Crippen LogP contribution in [0, 0.1) is 11.7 Å². The van der Waals surface area contributed by atoms with Gasteiger partial charge in [0.05, 0.1) is 6.54 Å². The van der Waals surface area contributed by atoms with Crippen molar-refractivity contribution < 1.29 is 13.9 Å². The molecule has 2 aromatic carbocycles. The van der Waals surface area contributed by atoms with Crippen LogP contribution in [0.2, 0.25) is 0 Å². The average Bonchev–Trinajstić information content (AvgIpc) is 2.95. The molecule has 0 saturated carbocycles. The fourth-order valence-corrected chi connectivity index (χ4v) is 2.73. The molecule has 0 fully saturated rings. The summed E-state index contributed by atoms with van der Waals surface area (Å²) in [5.41, 5.74) is 1.77. The van der Waals surface area contributed by atoms with Gasteiger partial charge in [0, 0.05) is 28.6 Å². The molecule has 0 atom stereocenters. The molecule has 3 nitrogen and oxygen atoms in total. The summed E-state index contributed by atoms with van der Waals surface area (Å²) >= 11 is 0. The Bertz CT molecular complexity index is 850. The Morgan fingerprint density at radius 2 is 1.83 bits per heavy atom. The van der Waals surface area contributed by atoms with E-state index in [4.69, 9.17) is 4.74 Å². The van der Waals surface area contributed by atoms with Crippen molar-refractivity contribution >= 4 is 16.7 Å². The minimum absolute atomic E-state index is 0.0419. The number of hydrogen-bond acceptors (Lipinski definition) is 2. The molecule has 0 N–H and O–H groups in total. The Labute approximate surface area is 140 Å². The minimum Gasteiger partial charge on any atom is -0.492 e. The van der Waals surface area contributed by atoms with Crippen LogP contribution in [0.15, 0.2) is 54.7 Å². The van der Waals surface area contributed by atoms with Gasteiger partial charge in [0.25, 0.3) is 0 Å². The number of Topliss-reactive ketones (excluding diaryl/α,β-unsaturated/α-hetero) is 1. The molecule has 0 radical (unpaired) electrons. The SMILES string of the molecule is CC(C)C(=O)c1cn(CCOc2ccc(F)cc2)c2ccccc12. The van der Waals surface area contributed by atoms with Gasteiger partial charge in [-0.05, 0) is 30.3 Å². The van der Waals surface area contributed by atoms with Gasteiger partial charge in [-0.1, -0.05) is 32.0 Å². The number of benzene rings is 2. The predicted molar refractivity (Wildman–Crippen MR) is 93.0 cm³/mol. The van der Waals surface area contributed by atoms with Gasteiger partial charge in [0.15, 0.2) is 5.78 Å². The molecule has 0 aliphatic heterocycles. The van der Waals surface area contributed by atoms with E-state index in [1.54, 1.807) is 12.1 Å². The predicted octanol–water partition coefficient (Wildman–Crippen LogP) is 4.70. The molecule has 1 heterocycles. The zero-order chi connectivity index (χ0) is 17.1. The Kier molecular flexibility index (Phi) is 4.65. The average molecular weight is 325 g/mol. The lowest BCUT2D eigenvalue weighted by molar-refractivity contribution is 0.0941. The number of fused-ring (bicyclic) bond motifs is 1. The van der Waals surface area contributed by atoms with Crippen LogP contribution >= 0.6 is 0 Å². The maximum Gasteiger partial charge on any atom is 0.167 e. The van der Waals surface area contributed by atoms with Crippen LogP contribution in [0.3, 0.4) is 0 Å². The van der Waals surface area contributed by atoms with Gasteiger partial charge in [-0.25, -0.2) is 4.39 Å². The Morgan fingerprint density at radius 1 is 1.12 bits per heavy atom. The van der Waals surface area contributed by atoms with Gasteiger partial charge < -0.3 is 9.30 Å². The summed E-state index contributed by atoms with van der Waals surface area (Å²) in [6, 6.07) is 13.8. The van der Waals surface area contributed by atoms with Gasteiger partial charge in [-0.2, -0.15) is 0 Å². The number of halogens is 1. The Hall–Kier alpha value is -2.62. The van der Waals surface area contributed by atoms with E-state index in [0.29, 0.717) is 18.9 Å². The third kappa shape index (κ3) is 3.32. The number of aromatic nitrogens is 1. The maximum absolute atomic E-state index is 12.9. The lowest BCUT2D eigenvalue weighted by Crippen LogP contribution is -2.08. The molecule has 3 rings (SSSR count). The van der Waals surface area contributed by atoms with Crippen molar-refractivity contribution in [3.63, 3.8) is 0 Å². The number of ketones is 1. The number of carbonyl (C=O) groups excluding carboxylic acids is 1. The summed E-state index contributed by atoms with van der Waals surface area (Å²) in [6.07, 6.45) is 1.90. The Balaban J connectivity index is 1.79. The van der Waals surface area contributed by atoms with E-state index in [1.165, 1.54) is 12.1 Å². The van der Waals surface area contributed by atoms with Gasteiger partial charge in [-0.15, -0.1) is 0 Å². The molecule has 24 heavy (non-hydrogen) atoms. The second kappa shape index (κ2) is 6.87. The third-order valence-electron chi connectivity index (χ3n) is 3.99. The van der Waals surface area contributed by atoms with Crippen LogP contribution in [-0.2, 0) is 6.54 Å².